The maximum absolute atomic E-state index is 13.3. The van der Waals surface area contributed by atoms with Crippen LogP contribution in [-0.4, -0.2) is 45.7 Å². The van der Waals surface area contributed by atoms with Gasteiger partial charge < -0.3 is 10.2 Å². The summed E-state index contributed by atoms with van der Waals surface area (Å²) in [6.45, 7) is 0.695. The Morgan fingerprint density at radius 2 is 1.88 bits per heavy atom. The fraction of sp³-hybridized carbons (Fsp3) is 0.278. The third kappa shape index (κ3) is 5.56. The van der Waals surface area contributed by atoms with E-state index in [-0.39, 0.29) is 18.1 Å². The first kappa shape index (κ1) is 18.9. The van der Waals surface area contributed by atoms with Crippen LogP contribution in [0.2, 0.25) is 0 Å². The van der Waals surface area contributed by atoms with Gasteiger partial charge in [-0.1, -0.05) is 30.3 Å². The maximum Gasteiger partial charge on any atom is 0.193 e. The predicted octanol–water partition coefficient (Wildman–Crippen LogP) is 2.31. The highest BCUT2D eigenvalue weighted by molar-refractivity contribution is 7.91. The van der Waals surface area contributed by atoms with Gasteiger partial charge in [0.25, 0.3) is 0 Å². The van der Waals surface area contributed by atoms with Gasteiger partial charge in [-0.15, -0.1) is 0 Å². The molecule has 0 saturated carbocycles. The topological polar surface area (TPSA) is 61.8 Å². The zero-order valence-electron chi connectivity index (χ0n) is 14.3. The van der Waals surface area contributed by atoms with Crippen molar-refractivity contribution in [2.45, 2.75) is 11.4 Å². The number of sulfone groups is 1. The molecule has 0 unspecified atom stereocenters. The molecule has 7 heteroatoms. The summed E-state index contributed by atoms with van der Waals surface area (Å²) in [7, 11) is 0.0926. The van der Waals surface area contributed by atoms with E-state index in [9.17, 15) is 12.8 Å². The summed E-state index contributed by atoms with van der Waals surface area (Å²) in [5.74, 6) is 0.222. The van der Waals surface area contributed by atoms with Crippen LogP contribution in [-0.2, 0) is 16.4 Å². The highest BCUT2D eigenvalue weighted by Crippen LogP contribution is 2.09. The molecule has 0 aliphatic heterocycles. The van der Waals surface area contributed by atoms with Crippen LogP contribution in [0, 0.1) is 5.82 Å². The predicted molar refractivity (Wildman–Crippen MR) is 97.7 cm³/mol. The lowest BCUT2D eigenvalue weighted by Crippen LogP contribution is -2.40. The zero-order chi connectivity index (χ0) is 18.3. The third-order valence-corrected chi connectivity index (χ3v) is 5.37. The summed E-state index contributed by atoms with van der Waals surface area (Å²) in [5, 5.41) is 3.03. The molecule has 0 amide bonds. The molecule has 0 radical (unpaired) electrons. The smallest absolute Gasteiger partial charge is 0.193 e. The first-order chi connectivity index (χ1) is 11.9. The lowest BCUT2D eigenvalue weighted by atomic mass is 10.2. The summed E-state index contributed by atoms with van der Waals surface area (Å²) in [5.41, 5.74) is 0.808. The summed E-state index contributed by atoms with van der Waals surface area (Å²) in [4.78, 5) is 6.26. The van der Waals surface area contributed by atoms with E-state index in [2.05, 4.69) is 10.3 Å². The minimum absolute atomic E-state index is 0.0379. The van der Waals surface area contributed by atoms with Gasteiger partial charge >= 0.3 is 0 Å². The molecular weight excluding hydrogens is 341 g/mol. The molecule has 0 fully saturated rings. The van der Waals surface area contributed by atoms with E-state index < -0.39 is 9.84 Å². The van der Waals surface area contributed by atoms with Crippen LogP contribution < -0.4 is 5.32 Å². The Morgan fingerprint density at radius 1 is 1.16 bits per heavy atom. The Morgan fingerprint density at radius 3 is 2.52 bits per heavy atom. The van der Waals surface area contributed by atoms with Gasteiger partial charge in [-0.2, -0.15) is 0 Å². The Labute approximate surface area is 148 Å². The van der Waals surface area contributed by atoms with Crippen molar-refractivity contribution in [3.05, 3.63) is 66.0 Å². The summed E-state index contributed by atoms with van der Waals surface area (Å²) in [6, 6.07) is 14.7. The average Bonchev–Trinajstić information content (AvgIpc) is 2.59. The maximum atomic E-state index is 13.3. The Hall–Kier alpha value is -2.41. The fourth-order valence-corrected chi connectivity index (χ4v) is 3.59. The first-order valence-electron chi connectivity index (χ1n) is 7.86. The van der Waals surface area contributed by atoms with Crippen LogP contribution in [0.15, 0.2) is 64.5 Å². The molecule has 0 aromatic heterocycles. The molecule has 0 aliphatic carbocycles. The molecule has 0 atom stereocenters. The van der Waals surface area contributed by atoms with Crippen molar-refractivity contribution >= 4 is 15.8 Å². The highest BCUT2D eigenvalue weighted by Gasteiger charge is 2.14. The van der Waals surface area contributed by atoms with E-state index in [0.717, 1.165) is 5.56 Å². The minimum atomic E-state index is -3.34. The number of halogens is 1. The normalized spacial score (nSPS) is 12.0. The van der Waals surface area contributed by atoms with Gasteiger partial charge in [0.05, 0.1) is 10.6 Å². The van der Waals surface area contributed by atoms with Crippen LogP contribution in [0.1, 0.15) is 5.56 Å². The summed E-state index contributed by atoms with van der Waals surface area (Å²) in [6.07, 6.45) is 0. The number of nitrogens with one attached hydrogen (secondary N) is 1. The second-order valence-corrected chi connectivity index (χ2v) is 7.70. The van der Waals surface area contributed by atoms with Crippen LogP contribution >= 0.6 is 0 Å². The van der Waals surface area contributed by atoms with Crippen LogP contribution in [0.3, 0.4) is 0 Å². The van der Waals surface area contributed by atoms with E-state index in [0.29, 0.717) is 17.4 Å². The van der Waals surface area contributed by atoms with Gasteiger partial charge in [0.2, 0.25) is 0 Å². The Kier molecular flexibility index (Phi) is 6.52. The number of rotatable bonds is 6. The van der Waals surface area contributed by atoms with E-state index in [4.69, 9.17) is 0 Å². The van der Waals surface area contributed by atoms with Crippen LogP contribution in [0.4, 0.5) is 4.39 Å². The van der Waals surface area contributed by atoms with Gasteiger partial charge in [-0.25, -0.2) is 12.8 Å². The molecule has 0 bridgehead atoms. The van der Waals surface area contributed by atoms with E-state index in [1.165, 1.54) is 12.1 Å². The van der Waals surface area contributed by atoms with Gasteiger partial charge in [0, 0.05) is 27.2 Å². The number of hydrogen-bond donors (Lipinski definition) is 1. The fourth-order valence-electron chi connectivity index (χ4n) is 2.41. The van der Waals surface area contributed by atoms with Crippen molar-refractivity contribution in [1.29, 1.82) is 0 Å². The van der Waals surface area contributed by atoms with Gasteiger partial charge in [-0.05, 0) is 29.8 Å². The van der Waals surface area contributed by atoms with Crippen molar-refractivity contribution in [3.8, 4) is 0 Å². The van der Waals surface area contributed by atoms with E-state index >= 15 is 0 Å². The molecular formula is C18H22FN3O2S. The van der Waals surface area contributed by atoms with E-state index in [1.54, 1.807) is 43.4 Å². The van der Waals surface area contributed by atoms with Crippen molar-refractivity contribution in [3.63, 3.8) is 0 Å². The second-order valence-electron chi connectivity index (χ2n) is 5.59. The molecule has 0 heterocycles. The lowest BCUT2D eigenvalue weighted by Gasteiger charge is -2.22. The summed E-state index contributed by atoms with van der Waals surface area (Å²) >= 11 is 0. The number of benzene rings is 2. The van der Waals surface area contributed by atoms with E-state index in [1.807, 2.05) is 18.0 Å². The molecule has 0 aliphatic rings. The average molecular weight is 363 g/mol. The molecule has 0 saturated heterocycles. The Bertz CT molecular complexity index is 823. The molecule has 2 aromatic carbocycles. The number of hydrogen-bond acceptors (Lipinski definition) is 3. The van der Waals surface area contributed by atoms with Crippen LogP contribution in [0.5, 0.6) is 0 Å². The molecule has 1 N–H and O–H groups in total. The largest absolute Gasteiger partial charge is 0.355 e. The first-order valence-corrected chi connectivity index (χ1v) is 9.51. The third-order valence-electron chi connectivity index (χ3n) is 3.64. The van der Waals surface area contributed by atoms with Gasteiger partial charge in [-0.3, -0.25) is 4.99 Å². The van der Waals surface area contributed by atoms with Crippen molar-refractivity contribution in [2.24, 2.45) is 4.99 Å². The van der Waals surface area contributed by atoms with Crippen molar-refractivity contribution < 1.29 is 12.8 Å². The molecule has 0 spiro atoms. The summed E-state index contributed by atoms with van der Waals surface area (Å²) < 4.78 is 37.8. The Balaban J connectivity index is 1.92. The van der Waals surface area contributed by atoms with Crippen molar-refractivity contribution in [1.82, 2.24) is 10.2 Å². The standard InChI is InChI=1S/C18H22FN3O2S/c1-20-18(22(2)14-15-7-6-8-16(19)13-15)21-11-12-25(23,24)17-9-4-3-5-10-17/h3-10,13H,11-12,14H2,1-2H3,(H,20,21). The number of guanidine groups is 1. The highest BCUT2D eigenvalue weighted by atomic mass is 32.2. The SMILES string of the molecule is CN=C(NCCS(=O)(=O)c1ccccc1)N(C)Cc1cccc(F)c1. The van der Waals surface area contributed by atoms with Gasteiger partial charge in [0.1, 0.15) is 5.82 Å². The second kappa shape index (κ2) is 8.62. The molecule has 134 valence electrons. The number of nitrogens with zero attached hydrogens (tertiary/aromatic N) is 2. The molecule has 25 heavy (non-hydrogen) atoms. The lowest BCUT2D eigenvalue weighted by molar-refractivity contribution is 0.476. The minimum Gasteiger partial charge on any atom is -0.355 e. The molecule has 2 aromatic rings. The zero-order valence-corrected chi connectivity index (χ0v) is 15.1. The number of aliphatic imine (C=N–C) groups is 1. The van der Waals surface area contributed by atoms with Gasteiger partial charge in [0.15, 0.2) is 15.8 Å². The molecule has 5 nitrogen and oxygen atoms in total. The molecule has 2 rings (SSSR count). The quantitative estimate of drug-likeness (QED) is 0.632. The monoisotopic (exact) mass is 363 g/mol. The van der Waals surface area contributed by atoms with Crippen molar-refractivity contribution in [2.75, 3.05) is 26.4 Å². The van der Waals surface area contributed by atoms with Crippen LogP contribution in [0.25, 0.3) is 0 Å².